The fourth-order valence-electron chi connectivity index (χ4n) is 1.47. The first-order valence-corrected chi connectivity index (χ1v) is 4.89. The minimum Gasteiger partial charge on any atom is -0.278 e. The number of hydrogen-bond donors (Lipinski definition) is 1. The summed E-state index contributed by atoms with van der Waals surface area (Å²) in [7, 11) is 0. The zero-order chi connectivity index (χ0) is 10.8. The summed E-state index contributed by atoms with van der Waals surface area (Å²) in [6, 6.07) is 9.84. The SMILES string of the molecule is c1ccc(Nn2cc3cncnc3n2)cc1. The number of para-hydroxylation sites is 1. The van der Waals surface area contributed by atoms with Crippen LogP contribution in [0.25, 0.3) is 11.0 Å². The van der Waals surface area contributed by atoms with Crippen molar-refractivity contribution >= 4 is 16.7 Å². The molecule has 0 fully saturated rings. The predicted molar refractivity (Wildman–Crippen MR) is 60.8 cm³/mol. The minimum absolute atomic E-state index is 0.679. The average molecular weight is 211 g/mol. The van der Waals surface area contributed by atoms with Crippen LogP contribution in [0.1, 0.15) is 0 Å². The van der Waals surface area contributed by atoms with Gasteiger partial charge < -0.3 is 0 Å². The second kappa shape index (κ2) is 3.62. The highest BCUT2D eigenvalue weighted by molar-refractivity contribution is 5.72. The molecule has 2 heterocycles. The number of rotatable bonds is 2. The molecule has 0 aliphatic heterocycles. The third kappa shape index (κ3) is 1.58. The first-order valence-electron chi connectivity index (χ1n) is 4.89. The molecule has 78 valence electrons. The molecule has 0 aliphatic rings. The molecule has 0 bridgehead atoms. The van der Waals surface area contributed by atoms with E-state index in [0.29, 0.717) is 5.65 Å². The molecular weight excluding hydrogens is 202 g/mol. The van der Waals surface area contributed by atoms with Gasteiger partial charge >= 0.3 is 0 Å². The Hall–Kier alpha value is -2.43. The van der Waals surface area contributed by atoms with Crippen molar-refractivity contribution in [3.8, 4) is 0 Å². The van der Waals surface area contributed by atoms with Gasteiger partial charge in [0.2, 0.25) is 0 Å². The highest BCUT2D eigenvalue weighted by atomic mass is 15.6. The number of nitrogens with zero attached hydrogens (tertiary/aromatic N) is 4. The number of anilines is 1. The van der Waals surface area contributed by atoms with Crippen LogP contribution in [0, 0.1) is 0 Å². The standard InChI is InChI=1S/C11H9N5/c1-2-4-10(5-3-1)14-16-7-9-6-12-8-13-11(9)15-16/h1-8,14H. The lowest BCUT2D eigenvalue weighted by atomic mass is 10.3. The molecule has 0 aliphatic carbocycles. The van der Waals surface area contributed by atoms with Gasteiger partial charge in [-0.05, 0) is 12.1 Å². The van der Waals surface area contributed by atoms with Crippen LogP contribution in [0.15, 0.2) is 49.1 Å². The molecule has 16 heavy (non-hydrogen) atoms. The second-order valence-electron chi connectivity index (χ2n) is 3.35. The maximum atomic E-state index is 4.26. The second-order valence-corrected chi connectivity index (χ2v) is 3.35. The minimum atomic E-state index is 0.679. The third-order valence-electron chi connectivity index (χ3n) is 2.20. The summed E-state index contributed by atoms with van der Waals surface area (Å²) in [5.41, 5.74) is 4.79. The maximum Gasteiger partial charge on any atom is 0.186 e. The van der Waals surface area contributed by atoms with Gasteiger partial charge in [-0.25, -0.2) is 9.97 Å². The Bertz CT molecular complexity index is 569. The summed E-state index contributed by atoms with van der Waals surface area (Å²) in [5, 5.41) is 5.17. The van der Waals surface area contributed by atoms with Gasteiger partial charge in [-0.3, -0.25) is 5.43 Å². The van der Waals surface area contributed by atoms with Crippen LogP contribution >= 0.6 is 0 Å². The van der Waals surface area contributed by atoms with Crippen molar-refractivity contribution in [1.82, 2.24) is 19.9 Å². The van der Waals surface area contributed by atoms with Crippen LogP contribution in [0.3, 0.4) is 0 Å². The summed E-state index contributed by atoms with van der Waals surface area (Å²) in [6.45, 7) is 0. The van der Waals surface area contributed by atoms with E-state index in [9.17, 15) is 0 Å². The van der Waals surface area contributed by atoms with Crippen molar-refractivity contribution in [2.75, 3.05) is 5.43 Å². The average Bonchev–Trinajstić information content (AvgIpc) is 2.72. The number of fused-ring (bicyclic) bond motifs is 1. The monoisotopic (exact) mass is 211 g/mol. The van der Waals surface area contributed by atoms with Crippen LogP contribution in [0.4, 0.5) is 5.69 Å². The Morgan fingerprint density at radius 3 is 2.81 bits per heavy atom. The summed E-state index contributed by atoms with van der Waals surface area (Å²) in [5.74, 6) is 0. The van der Waals surface area contributed by atoms with Crippen molar-refractivity contribution in [3.05, 3.63) is 49.1 Å². The van der Waals surface area contributed by atoms with Crippen molar-refractivity contribution in [2.45, 2.75) is 0 Å². The molecule has 0 atom stereocenters. The molecule has 0 amide bonds. The normalized spacial score (nSPS) is 10.5. The molecule has 0 saturated carbocycles. The number of hydrogen-bond acceptors (Lipinski definition) is 4. The van der Waals surface area contributed by atoms with E-state index in [2.05, 4.69) is 20.5 Å². The van der Waals surface area contributed by atoms with Gasteiger partial charge in [0.05, 0.1) is 17.3 Å². The van der Waals surface area contributed by atoms with Gasteiger partial charge in [0.25, 0.3) is 0 Å². The predicted octanol–water partition coefficient (Wildman–Crippen LogP) is 1.70. The zero-order valence-electron chi connectivity index (χ0n) is 8.41. The summed E-state index contributed by atoms with van der Waals surface area (Å²) < 4.78 is 0. The zero-order valence-corrected chi connectivity index (χ0v) is 8.41. The molecule has 1 aromatic carbocycles. The van der Waals surface area contributed by atoms with Crippen LogP contribution in [0.5, 0.6) is 0 Å². The lowest BCUT2D eigenvalue weighted by Gasteiger charge is -2.03. The van der Waals surface area contributed by atoms with Crippen molar-refractivity contribution in [2.24, 2.45) is 0 Å². The van der Waals surface area contributed by atoms with Gasteiger partial charge in [0, 0.05) is 6.20 Å². The van der Waals surface area contributed by atoms with Crippen LogP contribution in [-0.4, -0.2) is 19.9 Å². The fourth-order valence-corrected chi connectivity index (χ4v) is 1.47. The molecule has 1 N–H and O–H groups in total. The first kappa shape index (κ1) is 8.84. The molecular formula is C11H9N5. The van der Waals surface area contributed by atoms with Gasteiger partial charge in [-0.2, -0.15) is 4.79 Å². The Morgan fingerprint density at radius 2 is 2.00 bits per heavy atom. The van der Waals surface area contributed by atoms with E-state index in [1.165, 1.54) is 6.33 Å². The van der Waals surface area contributed by atoms with E-state index < -0.39 is 0 Å². The Labute approximate surface area is 91.7 Å². The molecule has 0 unspecified atom stereocenters. The molecule has 0 radical (unpaired) electrons. The van der Waals surface area contributed by atoms with Crippen molar-refractivity contribution in [3.63, 3.8) is 0 Å². The lowest BCUT2D eigenvalue weighted by molar-refractivity contribution is 0.812. The summed E-state index contributed by atoms with van der Waals surface area (Å²) in [4.78, 5) is 9.64. The van der Waals surface area contributed by atoms with E-state index in [-0.39, 0.29) is 0 Å². The summed E-state index contributed by atoms with van der Waals surface area (Å²) >= 11 is 0. The van der Waals surface area contributed by atoms with Gasteiger partial charge in [-0.1, -0.05) is 18.2 Å². The van der Waals surface area contributed by atoms with E-state index in [1.807, 2.05) is 36.5 Å². The molecule has 5 heteroatoms. The fraction of sp³-hybridized carbons (Fsp3) is 0. The number of aromatic nitrogens is 4. The van der Waals surface area contributed by atoms with Crippen LogP contribution in [-0.2, 0) is 0 Å². The van der Waals surface area contributed by atoms with E-state index in [0.717, 1.165) is 11.1 Å². The Kier molecular flexibility index (Phi) is 2.00. The molecule has 2 aromatic heterocycles. The largest absolute Gasteiger partial charge is 0.278 e. The number of benzene rings is 1. The molecule has 0 saturated heterocycles. The van der Waals surface area contributed by atoms with E-state index in [1.54, 1.807) is 11.0 Å². The smallest absolute Gasteiger partial charge is 0.186 e. The highest BCUT2D eigenvalue weighted by Crippen LogP contribution is 2.09. The summed E-state index contributed by atoms with van der Waals surface area (Å²) in [6.07, 6.45) is 5.07. The van der Waals surface area contributed by atoms with Gasteiger partial charge in [0.1, 0.15) is 6.33 Å². The Balaban J connectivity index is 1.95. The van der Waals surface area contributed by atoms with Crippen molar-refractivity contribution < 1.29 is 0 Å². The van der Waals surface area contributed by atoms with E-state index in [4.69, 9.17) is 0 Å². The highest BCUT2D eigenvalue weighted by Gasteiger charge is 2.00. The quantitative estimate of drug-likeness (QED) is 0.701. The molecule has 5 nitrogen and oxygen atoms in total. The van der Waals surface area contributed by atoms with E-state index >= 15 is 0 Å². The Morgan fingerprint density at radius 1 is 1.12 bits per heavy atom. The maximum absolute atomic E-state index is 4.26. The molecule has 3 rings (SSSR count). The van der Waals surface area contributed by atoms with Crippen molar-refractivity contribution in [1.29, 1.82) is 0 Å². The molecule has 0 spiro atoms. The van der Waals surface area contributed by atoms with Crippen LogP contribution < -0.4 is 5.43 Å². The van der Waals surface area contributed by atoms with Gasteiger partial charge in [0.15, 0.2) is 5.65 Å². The van der Waals surface area contributed by atoms with Crippen LogP contribution in [0.2, 0.25) is 0 Å². The molecule has 3 aromatic rings. The number of nitrogens with one attached hydrogen (secondary N) is 1. The first-order chi connectivity index (χ1) is 7.92. The topological polar surface area (TPSA) is 55.6 Å². The third-order valence-corrected chi connectivity index (χ3v) is 2.20. The van der Waals surface area contributed by atoms with Gasteiger partial charge in [-0.15, -0.1) is 5.10 Å². The lowest BCUT2D eigenvalue weighted by Crippen LogP contribution is -2.08.